The van der Waals surface area contributed by atoms with E-state index in [1.807, 2.05) is 6.92 Å². The molecule has 28 heteroatoms. The van der Waals surface area contributed by atoms with E-state index in [2.05, 4.69) is 42.5 Å². The Balaban J connectivity index is 1.73. The number of benzene rings is 2. The summed E-state index contributed by atoms with van der Waals surface area (Å²) in [5.41, 5.74) is 16.9. The lowest BCUT2D eigenvalue weighted by molar-refractivity contribution is -0.393. The van der Waals surface area contributed by atoms with Gasteiger partial charge in [-0.25, -0.2) is 4.79 Å². The molecule has 0 radical (unpaired) electrons. The van der Waals surface area contributed by atoms with Crippen molar-refractivity contribution in [1.82, 2.24) is 37.2 Å². The number of methoxy groups -OCH3 is 1. The predicted molar refractivity (Wildman–Crippen MR) is 308 cm³/mol. The van der Waals surface area contributed by atoms with Gasteiger partial charge in [0.2, 0.25) is 47.3 Å². The highest BCUT2D eigenvalue weighted by molar-refractivity contribution is 5.97. The van der Waals surface area contributed by atoms with E-state index in [9.17, 15) is 63.4 Å². The van der Waals surface area contributed by atoms with Crippen molar-refractivity contribution in [3.63, 3.8) is 0 Å². The smallest absolute Gasteiger partial charge is 0.336 e. The summed E-state index contributed by atoms with van der Waals surface area (Å²) in [7, 11) is 1.47. The van der Waals surface area contributed by atoms with Gasteiger partial charge in [-0.15, -0.1) is 0 Å². The normalized spacial score (nSPS) is 13.7. The van der Waals surface area contributed by atoms with Crippen molar-refractivity contribution in [1.29, 1.82) is 0 Å². The fourth-order valence-corrected chi connectivity index (χ4v) is 8.69. The van der Waals surface area contributed by atoms with Gasteiger partial charge in [0.15, 0.2) is 0 Å². The second-order valence-electron chi connectivity index (χ2n) is 21.0. The van der Waals surface area contributed by atoms with E-state index in [-0.39, 0.29) is 81.4 Å². The number of anilines is 1. The first-order chi connectivity index (χ1) is 39.3. The molecular weight excluding hydrogens is 1080 g/mol. The van der Waals surface area contributed by atoms with Crippen molar-refractivity contribution in [2.75, 3.05) is 38.6 Å². The first-order valence-corrected chi connectivity index (χ1v) is 27.9. The van der Waals surface area contributed by atoms with Crippen LogP contribution in [0.3, 0.4) is 0 Å². The Morgan fingerprint density at radius 3 is 1.80 bits per heavy atom. The summed E-state index contributed by atoms with van der Waals surface area (Å²) in [6, 6.07) is 2.13. The van der Waals surface area contributed by atoms with E-state index in [1.54, 1.807) is 52.8 Å². The number of non-ortho nitro benzene ring substituents is 1. The summed E-state index contributed by atoms with van der Waals surface area (Å²) in [5.74, 6) is -6.26. The van der Waals surface area contributed by atoms with Crippen molar-refractivity contribution in [2.45, 2.75) is 155 Å². The van der Waals surface area contributed by atoms with E-state index >= 15 is 0 Å². The summed E-state index contributed by atoms with van der Waals surface area (Å²) in [6.45, 7) is 11.1. The van der Waals surface area contributed by atoms with Crippen molar-refractivity contribution in [2.24, 2.45) is 35.0 Å². The van der Waals surface area contributed by atoms with Gasteiger partial charge in [-0.2, -0.15) is 0 Å². The molecule has 0 spiro atoms. The summed E-state index contributed by atoms with van der Waals surface area (Å²) in [4.78, 5) is 141. The lowest BCUT2D eigenvalue weighted by atomic mass is 9.96. The van der Waals surface area contributed by atoms with Gasteiger partial charge in [0.25, 0.3) is 11.4 Å². The molecular formula is C55H83N13O15. The Bertz CT molecular complexity index is 2790. The molecule has 8 amide bonds. The number of primary amides is 1. The third-order valence-electron chi connectivity index (χ3n) is 13.8. The molecule has 0 aliphatic carbocycles. The molecule has 0 aliphatic heterocycles. The maximum atomic E-state index is 14.2. The van der Waals surface area contributed by atoms with Crippen LogP contribution < -0.4 is 70.1 Å². The highest BCUT2D eigenvalue weighted by atomic mass is 16.6. The molecule has 3 rings (SSSR count). The second-order valence-corrected chi connectivity index (χ2v) is 21.0. The van der Waals surface area contributed by atoms with Gasteiger partial charge < -0.3 is 68.9 Å². The minimum atomic E-state index is -1.42. The third kappa shape index (κ3) is 22.9. The topological polar surface area (TPSA) is 437 Å². The molecule has 3 aromatic rings. The number of nitrogens with zero attached hydrogens (tertiary/aromatic N) is 2. The molecule has 14 N–H and O–H groups in total. The largest absolute Gasteiger partial charge is 0.497 e. The number of nitrogens with two attached hydrogens (primary N) is 3. The zero-order chi connectivity index (χ0) is 61.9. The Labute approximate surface area is 481 Å². The van der Waals surface area contributed by atoms with E-state index in [0.29, 0.717) is 61.6 Å². The Kier molecular flexibility index (Phi) is 29.0. The number of rotatable bonds is 38. The maximum absolute atomic E-state index is 14.2. The number of hydrogen-bond donors (Lipinski definition) is 11. The molecule has 458 valence electrons. The van der Waals surface area contributed by atoms with Crippen molar-refractivity contribution in [3.05, 3.63) is 78.7 Å². The van der Waals surface area contributed by atoms with Crippen LogP contribution in [0, 0.1) is 38.0 Å². The molecule has 2 aromatic carbocycles. The van der Waals surface area contributed by atoms with Crippen LogP contribution in [0.15, 0.2) is 51.7 Å². The standard InChI is InChI=1S/C55H83N13O15/c1-8-33(6)49(50(58)72)66-55(77)48(32(4)5)65-52(74)40(16-9-11-23-56)63-54(76)47(31(2)3)64-53(75)41(21-22-44(69)60-26-14-13-24-59-39-20-17-35(67(78)79)29-42(39)68(80)81)62-51(73)38(57)15-10-12-25-61-45(70)27-34-28-46(71)83-43-30-36(82-7)18-19-37(34)43/h17-20,28-33,38,40-41,47-49,59H,8-16,21-27,56-57H2,1-7H3,(H2,58,72)(H,60,69)(H,61,70)(H,62,73)(H,63,76)(H,64,75)(H,65,74)(H,66,77)/t33?,38-,40-,41-,47-,48-,49-/m0/s1. The lowest BCUT2D eigenvalue weighted by Gasteiger charge is -2.30. The van der Waals surface area contributed by atoms with Gasteiger partial charge in [0, 0.05) is 49.6 Å². The van der Waals surface area contributed by atoms with Crippen molar-refractivity contribution >= 4 is 75.3 Å². The molecule has 0 saturated heterocycles. The number of carbonyl (C=O) groups excluding carboxylic acids is 8. The zero-order valence-corrected chi connectivity index (χ0v) is 48.3. The zero-order valence-electron chi connectivity index (χ0n) is 48.3. The Morgan fingerprint density at radius 1 is 0.651 bits per heavy atom. The van der Waals surface area contributed by atoms with Crippen LogP contribution in [0.1, 0.15) is 118 Å². The fraction of sp³-hybridized carbons (Fsp3) is 0.582. The summed E-state index contributed by atoms with van der Waals surface area (Å²) < 4.78 is 10.5. The molecule has 0 bridgehead atoms. The molecule has 0 saturated carbocycles. The van der Waals surface area contributed by atoms with Crippen LogP contribution >= 0.6 is 0 Å². The number of nitro benzene ring substituents is 2. The predicted octanol–water partition coefficient (Wildman–Crippen LogP) is 1.96. The van der Waals surface area contributed by atoms with E-state index < -0.39 is 116 Å². The van der Waals surface area contributed by atoms with Crippen LogP contribution in [0.2, 0.25) is 0 Å². The third-order valence-corrected chi connectivity index (χ3v) is 13.8. The van der Waals surface area contributed by atoms with Crippen LogP contribution in [0.25, 0.3) is 11.0 Å². The van der Waals surface area contributed by atoms with Gasteiger partial charge in [0.1, 0.15) is 47.2 Å². The first-order valence-electron chi connectivity index (χ1n) is 27.9. The van der Waals surface area contributed by atoms with E-state index in [1.165, 1.54) is 19.2 Å². The highest BCUT2D eigenvalue weighted by Crippen LogP contribution is 2.29. The molecule has 28 nitrogen and oxygen atoms in total. The van der Waals surface area contributed by atoms with E-state index in [4.69, 9.17) is 26.4 Å². The molecule has 0 fully saturated rings. The van der Waals surface area contributed by atoms with Gasteiger partial charge >= 0.3 is 5.63 Å². The SMILES string of the molecule is CCC(C)[C@H](NC(=O)[C@@H](NC(=O)[C@H](CCCCN)NC(=O)[C@@H](NC(=O)[C@H](CCC(=O)NCCCCNc1ccc([N+](=O)[O-])cc1[N+](=O)[O-])NC(=O)[C@@H](N)CCCCNC(=O)Cc1cc(=O)oc2cc(OC)ccc12)C(C)C)C(C)C)C(N)=O. The molecule has 1 aromatic heterocycles. The second kappa shape index (κ2) is 34.9. The van der Waals surface area contributed by atoms with Crippen LogP contribution in [0.5, 0.6) is 5.75 Å². The quantitative estimate of drug-likeness (QED) is 0.0169. The molecule has 0 aliphatic rings. The first kappa shape index (κ1) is 69.0. The maximum Gasteiger partial charge on any atom is 0.336 e. The van der Waals surface area contributed by atoms with Crippen LogP contribution in [-0.4, -0.2) is 127 Å². The van der Waals surface area contributed by atoms with Crippen molar-refractivity contribution < 1.29 is 57.4 Å². The number of carbonyl (C=O) groups is 8. The van der Waals surface area contributed by atoms with Gasteiger partial charge in [0.05, 0.1) is 35.5 Å². The average molecular weight is 1170 g/mol. The minimum Gasteiger partial charge on any atom is -0.497 e. The molecule has 7 atom stereocenters. The summed E-state index contributed by atoms with van der Waals surface area (Å²) in [6.07, 6.45) is 2.52. The molecule has 1 heterocycles. The number of hydrogen-bond acceptors (Lipinski definition) is 18. The number of nitro groups is 2. The lowest BCUT2D eigenvalue weighted by Crippen LogP contribution is -2.61. The molecule has 1 unspecified atom stereocenters. The van der Waals surface area contributed by atoms with Gasteiger partial charge in [-0.1, -0.05) is 48.0 Å². The summed E-state index contributed by atoms with van der Waals surface area (Å²) >= 11 is 0. The monoisotopic (exact) mass is 1170 g/mol. The summed E-state index contributed by atoms with van der Waals surface area (Å²) in [5, 5.41) is 45.0. The number of amides is 8. The van der Waals surface area contributed by atoms with Gasteiger partial charge in [-0.05, 0) is 106 Å². The highest BCUT2D eigenvalue weighted by Gasteiger charge is 2.35. The number of ether oxygens (including phenoxy) is 1. The Hall–Kier alpha value is -8.27. The minimum absolute atomic E-state index is 0.0782. The number of fused-ring (bicyclic) bond motifs is 1. The Morgan fingerprint density at radius 2 is 1.22 bits per heavy atom. The number of unbranched alkanes of at least 4 members (excludes halogenated alkanes) is 3. The number of nitrogens with one attached hydrogen (secondary N) is 8. The van der Waals surface area contributed by atoms with E-state index in [0.717, 1.165) is 12.1 Å². The molecule has 83 heavy (non-hydrogen) atoms. The van der Waals surface area contributed by atoms with Gasteiger partial charge in [-0.3, -0.25) is 58.6 Å². The fourth-order valence-electron chi connectivity index (χ4n) is 8.69. The van der Waals surface area contributed by atoms with Crippen LogP contribution in [0.4, 0.5) is 17.1 Å². The van der Waals surface area contributed by atoms with Crippen LogP contribution in [-0.2, 0) is 44.8 Å². The van der Waals surface area contributed by atoms with Crippen molar-refractivity contribution in [3.8, 4) is 5.75 Å². The average Bonchev–Trinajstić information content (AvgIpc) is 3.58.